The van der Waals surface area contributed by atoms with E-state index in [1.807, 2.05) is 29.8 Å². The van der Waals surface area contributed by atoms with Gasteiger partial charge in [0, 0.05) is 23.7 Å². The van der Waals surface area contributed by atoms with Crippen molar-refractivity contribution in [3.05, 3.63) is 51.8 Å². The molecule has 4 nitrogen and oxygen atoms in total. The van der Waals surface area contributed by atoms with Gasteiger partial charge in [0.2, 0.25) is 0 Å². The molecule has 0 saturated carbocycles. The minimum Gasteiger partial charge on any atom is -0.271 e. The number of nitrogens with zero attached hydrogens (tertiary/aromatic N) is 2. The van der Waals surface area contributed by atoms with E-state index >= 15 is 0 Å². The molecule has 1 aromatic carbocycles. The molecule has 0 saturated heterocycles. The van der Waals surface area contributed by atoms with Crippen LogP contribution in [0.2, 0.25) is 5.02 Å². The molecule has 21 heavy (non-hydrogen) atoms. The van der Waals surface area contributed by atoms with Crippen LogP contribution in [-0.4, -0.2) is 9.78 Å². The highest BCUT2D eigenvalue weighted by Crippen LogP contribution is 2.28. The first-order chi connectivity index (χ1) is 10.1. The van der Waals surface area contributed by atoms with E-state index < -0.39 is 0 Å². The normalized spacial score (nSPS) is 12.6. The molecule has 0 aliphatic heterocycles. The second kappa shape index (κ2) is 7.07. The van der Waals surface area contributed by atoms with E-state index in [2.05, 4.69) is 30.4 Å². The first-order valence-corrected chi connectivity index (χ1v) is 7.75. The Bertz CT molecular complexity index is 606. The van der Waals surface area contributed by atoms with Crippen LogP contribution in [0.5, 0.6) is 0 Å². The molecule has 0 aliphatic rings. The highest BCUT2D eigenvalue weighted by Gasteiger charge is 2.17. The molecule has 1 atom stereocenters. The predicted molar refractivity (Wildman–Crippen MR) is 87.2 cm³/mol. The lowest BCUT2D eigenvalue weighted by atomic mass is 10.00. The molecule has 0 spiro atoms. The summed E-state index contributed by atoms with van der Waals surface area (Å²) in [5.41, 5.74) is 7.26. The molecule has 0 bridgehead atoms. The number of nitrogens with two attached hydrogens (primary N) is 1. The van der Waals surface area contributed by atoms with Crippen LogP contribution in [0.1, 0.15) is 42.4 Å². The fraction of sp³-hybridized carbons (Fsp3) is 0.438. The van der Waals surface area contributed by atoms with Crippen LogP contribution in [0.25, 0.3) is 0 Å². The molecule has 0 fully saturated rings. The monoisotopic (exact) mass is 306 g/mol. The Morgan fingerprint density at radius 3 is 2.76 bits per heavy atom. The number of hydrogen-bond donors (Lipinski definition) is 2. The number of rotatable bonds is 6. The van der Waals surface area contributed by atoms with E-state index in [0.29, 0.717) is 0 Å². The minimum absolute atomic E-state index is 0.0240. The lowest BCUT2D eigenvalue weighted by Gasteiger charge is -2.19. The van der Waals surface area contributed by atoms with Crippen LogP contribution in [0, 0.1) is 6.92 Å². The Morgan fingerprint density at radius 2 is 2.14 bits per heavy atom. The summed E-state index contributed by atoms with van der Waals surface area (Å²) in [6, 6.07) is 8.16. The zero-order valence-corrected chi connectivity index (χ0v) is 13.6. The van der Waals surface area contributed by atoms with E-state index in [1.54, 1.807) is 0 Å². The van der Waals surface area contributed by atoms with Gasteiger partial charge in [-0.15, -0.1) is 0 Å². The zero-order chi connectivity index (χ0) is 15.4. The third-order valence-electron chi connectivity index (χ3n) is 3.79. The van der Waals surface area contributed by atoms with Crippen LogP contribution in [0.3, 0.4) is 0 Å². The second-order valence-corrected chi connectivity index (χ2v) is 5.58. The third-order valence-corrected chi connectivity index (χ3v) is 4.30. The van der Waals surface area contributed by atoms with E-state index in [9.17, 15) is 0 Å². The van der Waals surface area contributed by atoms with E-state index in [4.69, 9.17) is 17.4 Å². The van der Waals surface area contributed by atoms with Gasteiger partial charge >= 0.3 is 0 Å². The number of halogens is 1. The molecule has 3 N–H and O–H groups in total. The summed E-state index contributed by atoms with van der Waals surface area (Å²) in [6.45, 7) is 7.07. The lowest BCUT2D eigenvalue weighted by molar-refractivity contribution is 0.516. The van der Waals surface area contributed by atoms with Crippen molar-refractivity contribution in [2.45, 2.75) is 46.2 Å². The van der Waals surface area contributed by atoms with Gasteiger partial charge in [-0.2, -0.15) is 5.10 Å². The largest absolute Gasteiger partial charge is 0.271 e. The summed E-state index contributed by atoms with van der Waals surface area (Å²) in [4.78, 5) is 0. The van der Waals surface area contributed by atoms with Gasteiger partial charge in [-0.05, 0) is 37.5 Å². The van der Waals surface area contributed by atoms with Gasteiger partial charge in [-0.25, -0.2) is 0 Å². The van der Waals surface area contributed by atoms with E-state index in [1.165, 1.54) is 5.69 Å². The van der Waals surface area contributed by atoms with Gasteiger partial charge in [-0.1, -0.05) is 36.7 Å². The average molecular weight is 307 g/mol. The lowest BCUT2D eigenvalue weighted by Crippen LogP contribution is -2.30. The highest BCUT2D eigenvalue weighted by molar-refractivity contribution is 6.32. The first-order valence-electron chi connectivity index (χ1n) is 7.37. The molecule has 0 aliphatic carbocycles. The van der Waals surface area contributed by atoms with Crippen molar-refractivity contribution < 1.29 is 0 Å². The van der Waals surface area contributed by atoms with Crippen LogP contribution in [0.4, 0.5) is 0 Å². The summed E-state index contributed by atoms with van der Waals surface area (Å²) < 4.78 is 2.03. The molecule has 0 amide bonds. The molecule has 2 aromatic rings. The summed E-state index contributed by atoms with van der Waals surface area (Å²) in [5.74, 6) is 5.76. The molecule has 1 unspecified atom stereocenters. The number of hydrogen-bond acceptors (Lipinski definition) is 3. The maximum atomic E-state index is 6.42. The smallest absolute Gasteiger partial charge is 0.0624 e. The van der Waals surface area contributed by atoms with Crippen LogP contribution >= 0.6 is 11.6 Å². The maximum absolute atomic E-state index is 6.42. The van der Waals surface area contributed by atoms with Gasteiger partial charge in [0.05, 0.1) is 11.7 Å². The molecular formula is C16H23ClN4. The molecule has 2 rings (SSSR count). The predicted octanol–water partition coefficient (Wildman–Crippen LogP) is 3.17. The van der Waals surface area contributed by atoms with E-state index in [0.717, 1.165) is 41.2 Å². The summed E-state index contributed by atoms with van der Waals surface area (Å²) in [5, 5.41) is 5.36. The Hall–Kier alpha value is -1.36. The number of benzene rings is 1. The summed E-state index contributed by atoms with van der Waals surface area (Å²) in [7, 11) is 0. The van der Waals surface area contributed by atoms with Crippen molar-refractivity contribution in [1.82, 2.24) is 15.2 Å². The Kier molecular flexibility index (Phi) is 5.39. The SMILES string of the molecule is CCc1cc(CC(NN)c2cccc(C)c2Cl)n(CC)n1. The number of nitrogens with one attached hydrogen (secondary N) is 1. The number of aryl methyl sites for hydroxylation is 3. The summed E-state index contributed by atoms with van der Waals surface area (Å²) in [6.07, 6.45) is 1.70. The molecule has 1 heterocycles. The second-order valence-electron chi connectivity index (χ2n) is 5.20. The third kappa shape index (κ3) is 3.46. The standard InChI is InChI=1S/C16H23ClN4/c1-4-12-9-13(21(5-2)20-12)10-15(19-18)14-8-6-7-11(3)16(14)17/h6-9,15,19H,4-5,10,18H2,1-3H3. The summed E-state index contributed by atoms with van der Waals surface area (Å²) >= 11 is 6.42. The van der Waals surface area contributed by atoms with E-state index in [-0.39, 0.29) is 6.04 Å². The van der Waals surface area contributed by atoms with Gasteiger partial charge in [0.25, 0.3) is 0 Å². The minimum atomic E-state index is -0.0240. The van der Waals surface area contributed by atoms with Gasteiger partial charge in [-0.3, -0.25) is 16.0 Å². The highest BCUT2D eigenvalue weighted by atomic mass is 35.5. The van der Waals surface area contributed by atoms with Crippen LogP contribution < -0.4 is 11.3 Å². The van der Waals surface area contributed by atoms with Gasteiger partial charge in [0.15, 0.2) is 0 Å². The maximum Gasteiger partial charge on any atom is 0.0624 e. The van der Waals surface area contributed by atoms with Gasteiger partial charge < -0.3 is 0 Å². The van der Waals surface area contributed by atoms with Gasteiger partial charge in [0.1, 0.15) is 0 Å². The Morgan fingerprint density at radius 1 is 1.38 bits per heavy atom. The van der Waals surface area contributed by atoms with Crippen molar-refractivity contribution in [2.24, 2.45) is 5.84 Å². The number of hydrazine groups is 1. The topological polar surface area (TPSA) is 55.9 Å². The zero-order valence-electron chi connectivity index (χ0n) is 12.9. The van der Waals surface area contributed by atoms with Crippen molar-refractivity contribution in [1.29, 1.82) is 0 Å². The fourth-order valence-corrected chi connectivity index (χ4v) is 2.79. The van der Waals surface area contributed by atoms with Crippen molar-refractivity contribution in [2.75, 3.05) is 0 Å². The van der Waals surface area contributed by atoms with Crippen molar-refractivity contribution in [3.63, 3.8) is 0 Å². The van der Waals surface area contributed by atoms with Crippen LogP contribution in [0.15, 0.2) is 24.3 Å². The fourth-order valence-electron chi connectivity index (χ4n) is 2.53. The number of aromatic nitrogens is 2. The van der Waals surface area contributed by atoms with Crippen molar-refractivity contribution in [3.8, 4) is 0 Å². The average Bonchev–Trinajstić information content (AvgIpc) is 2.90. The molecular weight excluding hydrogens is 284 g/mol. The van der Waals surface area contributed by atoms with Crippen LogP contribution in [-0.2, 0) is 19.4 Å². The Labute approximate surface area is 131 Å². The van der Waals surface area contributed by atoms with Crippen molar-refractivity contribution >= 4 is 11.6 Å². The molecule has 114 valence electrons. The molecule has 0 radical (unpaired) electrons. The molecule has 5 heteroatoms. The molecule has 1 aromatic heterocycles. The Balaban J connectivity index is 2.31. The quantitative estimate of drug-likeness (QED) is 0.636. The first kappa shape index (κ1) is 16.0.